The van der Waals surface area contributed by atoms with Gasteiger partial charge in [0.25, 0.3) is 0 Å². The van der Waals surface area contributed by atoms with E-state index in [2.05, 4.69) is 9.17 Å². The molecule has 0 bridgehead atoms. The van der Waals surface area contributed by atoms with E-state index in [9.17, 15) is 21.6 Å². The molecular weight excluding hydrogens is 259 g/mol. The molecule has 1 rings (SSSR count). The fourth-order valence-corrected chi connectivity index (χ4v) is 1.09. The number of pyridine rings is 1. The van der Waals surface area contributed by atoms with E-state index >= 15 is 0 Å². The van der Waals surface area contributed by atoms with Crippen LogP contribution < -0.4 is 0 Å². The molecule has 0 saturated carbocycles. The summed E-state index contributed by atoms with van der Waals surface area (Å²) >= 11 is 0. The van der Waals surface area contributed by atoms with Gasteiger partial charge in [-0.25, -0.2) is 0 Å². The zero-order valence-electron chi connectivity index (χ0n) is 9.02. The van der Waals surface area contributed by atoms with Gasteiger partial charge in [0.2, 0.25) is 0 Å². The number of hydrogen-bond acceptors (Lipinski definition) is 4. The molecule has 1 heterocycles. The van der Waals surface area contributed by atoms with Crippen molar-refractivity contribution >= 4 is 10.1 Å². The van der Waals surface area contributed by atoms with Crippen molar-refractivity contribution in [2.24, 2.45) is 0 Å². The Morgan fingerprint density at radius 1 is 1.18 bits per heavy atom. The van der Waals surface area contributed by atoms with Gasteiger partial charge in [-0.15, -0.1) is 0 Å². The summed E-state index contributed by atoms with van der Waals surface area (Å²) in [6.07, 6.45) is 3.72. The molecule has 98 valence electrons. The lowest BCUT2D eigenvalue weighted by atomic mass is 10.5. The Hall–Kier alpha value is -1.15. The molecule has 0 unspecified atom stereocenters. The monoisotopic (exact) mass is 271 g/mol. The zero-order valence-corrected chi connectivity index (χ0v) is 9.83. The molecule has 0 aliphatic rings. The summed E-state index contributed by atoms with van der Waals surface area (Å²) in [6, 6.07) is 5.72. The highest BCUT2D eigenvalue weighted by atomic mass is 32.2. The molecule has 0 saturated heterocycles. The zero-order chi connectivity index (χ0) is 13.4. The van der Waals surface area contributed by atoms with Crippen LogP contribution in [0.25, 0.3) is 0 Å². The summed E-state index contributed by atoms with van der Waals surface area (Å²) < 4.78 is 58.0. The Bertz CT molecular complexity index is 365. The number of nitrogens with zero attached hydrogens (tertiary/aromatic N) is 1. The molecule has 4 nitrogen and oxygen atoms in total. The van der Waals surface area contributed by atoms with Crippen LogP contribution in [0.3, 0.4) is 0 Å². The number of aromatic nitrogens is 1. The van der Waals surface area contributed by atoms with Crippen molar-refractivity contribution in [1.82, 2.24) is 4.98 Å². The maximum Gasteiger partial charge on any atom is 0.523 e. The lowest BCUT2D eigenvalue weighted by Gasteiger charge is -2.06. The second kappa shape index (κ2) is 7.23. The first-order chi connectivity index (χ1) is 7.81. The summed E-state index contributed by atoms with van der Waals surface area (Å²) in [6.45, 7) is 1.06. The average Bonchev–Trinajstić information content (AvgIpc) is 2.28. The van der Waals surface area contributed by atoms with Gasteiger partial charge in [-0.3, -0.25) is 9.17 Å². The highest BCUT2D eigenvalue weighted by Gasteiger charge is 2.47. The third-order valence-corrected chi connectivity index (χ3v) is 2.34. The molecule has 1 aromatic heterocycles. The maximum atomic E-state index is 11.4. The van der Waals surface area contributed by atoms with E-state index < -0.39 is 22.2 Å². The lowest BCUT2D eigenvalue weighted by Crippen LogP contribution is -2.25. The Morgan fingerprint density at radius 2 is 1.71 bits per heavy atom. The summed E-state index contributed by atoms with van der Waals surface area (Å²) in [5.74, 6) is 0. The minimum absolute atomic E-state index is 0.218. The van der Waals surface area contributed by atoms with Crippen LogP contribution in [0.5, 0.6) is 0 Å². The van der Waals surface area contributed by atoms with Crippen LogP contribution in [0.15, 0.2) is 30.6 Å². The minimum atomic E-state index is -5.36. The molecule has 0 amide bonds. The van der Waals surface area contributed by atoms with E-state index in [0.717, 1.165) is 0 Å². The molecule has 0 fully saturated rings. The van der Waals surface area contributed by atoms with Gasteiger partial charge in [0.1, 0.15) is 0 Å². The molecule has 8 heteroatoms. The van der Waals surface area contributed by atoms with E-state index in [-0.39, 0.29) is 6.42 Å². The molecule has 0 aromatic carbocycles. The summed E-state index contributed by atoms with van der Waals surface area (Å²) in [5.41, 5.74) is -5.30. The van der Waals surface area contributed by atoms with Crippen LogP contribution in [-0.4, -0.2) is 25.5 Å². The van der Waals surface area contributed by atoms with E-state index in [1.54, 1.807) is 12.4 Å². The number of alkyl halides is 3. The van der Waals surface area contributed by atoms with Crippen molar-refractivity contribution in [3.05, 3.63) is 30.6 Å². The quantitative estimate of drug-likeness (QED) is 0.625. The van der Waals surface area contributed by atoms with Crippen molar-refractivity contribution in [3.8, 4) is 0 Å². The van der Waals surface area contributed by atoms with Gasteiger partial charge in [-0.1, -0.05) is 13.0 Å². The molecule has 0 radical (unpaired) electrons. The van der Waals surface area contributed by atoms with E-state index in [1.807, 2.05) is 18.2 Å². The van der Waals surface area contributed by atoms with Gasteiger partial charge < -0.3 is 0 Å². The highest BCUT2D eigenvalue weighted by molar-refractivity contribution is 7.87. The maximum absolute atomic E-state index is 11.4. The van der Waals surface area contributed by atoms with Gasteiger partial charge in [0.15, 0.2) is 0 Å². The Balaban J connectivity index is 0.000000354. The first-order valence-electron chi connectivity index (χ1n) is 4.62. The van der Waals surface area contributed by atoms with E-state index in [1.165, 1.54) is 6.92 Å². The third kappa shape index (κ3) is 6.90. The van der Waals surface area contributed by atoms with Gasteiger partial charge >= 0.3 is 15.6 Å². The number of rotatable bonds is 3. The normalized spacial score (nSPS) is 11.5. The fraction of sp³-hybridized carbons (Fsp3) is 0.444. The van der Waals surface area contributed by atoms with Gasteiger partial charge in [-0.05, 0) is 18.6 Å². The Kier molecular flexibility index (Phi) is 6.74. The lowest BCUT2D eigenvalue weighted by molar-refractivity contribution is -0.0542. The molecule has 0 aliphatic heterocycles. The molecule has 0 atom stereocenters. The smallest absolute Gasteiger partial charge is 0.265 e. The van der Waals surface area contributed by atoms with Crippen molar-refractivity contribution in [3.63, 3.8) is 0 Å². The molecular formula is C9H12F3NO3S. The molecule has 1 aromatic rings. The van der Waals surface area contributed by atoms with Crippen molar-refractivity contribution < 1.29 is 25.8 Å². The molecule has 0 aliphatic carbocycles. The minimum Gasteiger partial charge on any atom is -0.265 e. The Labute approximate surface area is 97.6 Å². The van der Waals surface area contributed by atoms with Gasteiger partial charge in [0.05, 0.1) is 6.61 Å². The summed E-state index contributed by atoms with van der Waals surface area (Å²) in [4.78, 5) is 3.78. The van der Waals surface area contributed by atoms with Crippen LogP contribution in [0.4, 0.5) is 13.2 Å². The van der Waals surface area contributed by atoms with Crippen LogP contribution >= 0.6 is 0 Å². The van der Waals surface area contributed by atoms with Gasteiger partial charge in [0, 0.05) is 12.4 Å². The van der Waals surface area contributed by atoms with Crippen molar-refractivity contribution in [2.45, 2.75) is 18.9 Å². The fourth-order valence-electron chi connectivity index (χ4n) is 0.572. The van der Waals surface area contributed by atoms with Crippen LogP contribution in [0.1, 0.15) is 13.3 Å². The second-order valence-corrected chi connectivity index (χ2v) is 4.35. The summed E-state index contributed by atoms with van der Waals surface area (Å²) in [5, 5.41) is 0. The first-order valence-corrected chi connectivity index (χ1v) is 6.02. The predicted octanol–water partition coefficient (Wildman–Crippen LogP) is 2.34. The first kappa shape index (κ1) is 15.9. The van der Waals surface area contributed by atoms with Crippen molar-refractivity contribution in [2.75, 3.05) is 6.61 Å². The standard InChI is InChI=1S/C5H5N.C4H7F3O3S/c1-2-4-6-5-3-1;1-2-3-10-11(8,9)4(5,6)7/h1-5H;2-3H2,1H3. The average molecular weight is 271 g/mol. The molecule has 0 N–H and O–H groups in total. The van der Waals surface area contributed by atoms with Crippen LogP contribution in [0.2, 0.25) is 0 Å². The number of halogens is 3. The van der Waals surface area contributed by atoms with E-state index in [4.69, 9.17) is 0 Å². The van der Waals surface area contributed by atoms with Crippen molar-refractivity contribution in [1.29, 1.82) is 0 Å². The summed E-state index contributed by atoms with van der Waals surface area (Å²) in [7, 11) is -5.36. The molecule has 17 heavy (non-hydrogen) atoms. The van der Waals surface area contributed by atoms with Crippen LogP contribution in [0, 0.1) is 0 Å². The largest absolute Gasteiger partial charge is 0.523 e. The van der Waals surface area contributed by atoms with Gasteiger partial charge in [-0.2, -0.15) is 21.6 Å². The van der Waals surface area contributed by atoms with E-state index in [0.29, 0.717) is 0 Å². The third-order valence-electron chi connectivity index (χ3n) is 1.29. The highest BCUT2D eigenvalue weighted by Crippen LogP contribution is 2.24. The SMILES string of the molecule is CCCOS(=O)(=O)C(F)(F)F.c1ccncc1. The topological polar surface area (TPSA) is 56.3 Å². The molecule has 0 spiro atoms. The predicted molar refractivity (Wildman–Crippen MR) is 55.5 cm³/mol. The Morgan fingerprint density at radius 3 is 1.94 bits per heavy atom. The second-order valence-electron chi connectivity index (χ2n) is 2.75. The number of hydrogen-bond donors (Lipinski definition) is 0. The van der Waals surface area contributed by atoms with Crippen LogP contribution in [-0.2, 0) is 14.3 Å².